The lowest BCUT2D eigenvalue weighted by Crippen LogP contribution is -2.31. The molecule has 0 fully saturated rings. The second-order valence-electron chi connectivity index (χ2n) is 2.98. The monoisotopic (exact) mass is 194 g/mol. The van der Waals surface area contributed by atoms with Crippen molar-refractivity contribution >= 4 is 6.09 Å². The smallest absolute Gasteiger partial charge is 0.404 e. The van der Waals surface area contributed by atoms with Gasteiger partial charge in [-0.05, 0) is 5.56 Å². The predicted molar refractivity (Wildman–Crippen MR) is 53.7 cm³/mol. The zero-order chi connectivity index (χ0) is 10.4. The van der Waals surface area contributed by atoms with E-state index in [1.165, 1.54) is 0 Å². The molecule has 1 rings (SSSR count). The van der Waals surface area contributed by atoms with Gasteiger partial charge in [-0.3, -0.25) is 0 Å². The Kier molecular flexibility index (Phi) is 3.94. The van der Waals surface area contributed by atoms with Crippen LogP contribution in [0.15, 0.2) is 30.3 Å². The van der Waals surface area contributed by atoms with E-state index in [-0.39, 0.29) is 12.6 Å². The fraction of sp³-hybridized carbons (Fsp3) is 0.300. The lowest BCUT2D eigenvalue weighted by molar-refractivity contribution is 0.111. The van der Waals surface area contributed by atoms with E-state index >= 15 is 0 Å². The van der Waals surface area contributed by atoms with Crippen LogP contribution in [0.1, 0.15) is 5.56 Å². The average Bonchev–Trinajstić information content (AvgIpc) is 2.17. The third kappa shape index (κ3) is 3.45. The normalized spacial score (nSPS) is 12.1. The highest BCUT2D eigenvalue weighted by Crippen LogP contribution is 2.04. The van der Waals surface area contributed by atoms with Crippen LogP contribution in [0.25, 0.3) is 0 Å². The molecule has 0 aliphatic carbocycles. The van der Waals surface area contributed by atoms with Crippen molar-refractivity contribution in [2.45, 2.75) is 12.5 Å². The van der Waals surface area contributed by atoms with Gasteiger partial charge in [0.05, 0.1) is 0 Å². The Balaban J connectivity index is 2.53. The molecule has 1 aromatic carbocycles. The van der Waals surface area contributed by atoms with Gasteiger partial charge in [0.25, 0.3) is 0 Å². The Morgan fingerprint density at radius 2 is 2.00 bits per heavy atom. The molecule has 1 amide bonds. The summed E-state index contributed by atoms with van der Waals surface area (Å²) >= 11 is 0. The molecular formula is C10H14N2O2. The standard InChI is InChI=1S/C10H14N2O2/c11-7-9(14-10(12)13)6-8-4-2-1-3-5-8/h1-5,9H,6-7,11H2,(H2,12,13)/t9-/m0/s1. The SMILES string of the molecule is NC[C@H](Cc1ccccc1)OC(N)=O. The minimum Gasteiger partial charge on any atom is -0.445 e. The molecular weight excluding hydrogens is 180 g/mol. The van der Waals surface area contributed by atoms with E-state index in [1.54, 1.807) is 0 Å². The fourth-order valence-electron chi connectivity index (χ4n) is 1.21. The van der Waals surface area contributed by atoms with Gasteiger partial charge in [0.1, 0.15) is 6.10 Å². The maximum absolute atomic E-state index is 10.5. The van der Waals surface area contributed by atoms with E-state index in [1.807, 2.05) is 30.3 Å². The Hall–Kier alpha value is -1.55. The van der Waals surface area contributed by atoms with Gasteiger partial charge in [0.15, 0.2) is 0 Å². The van der Waals surface area contributed by atoms with E-state index in [0.29, 0.717) is 6.42 Å². The summed E-state index contributed by atoms with van der Waals surface area (Å²) in [7, 11) is 0. The van der Waals surface area contributed by atoms with Crippen molar-refractivity contribution in [3.05, 3.63) is 35.9 Å². The van der Waals surface area contributed by atoms with Gasteiger partial charge in [-0.25, -0.2) is 4.79 Å². The molecule has 0 aliphatic heterocycles. The zero-order valence-corrected chi connectivity index (χ0v) is 7.85. The number of benzene rings is 1. The molecule has 0 radical (unpaired) electrons. The largest absolute Gasteiger partial charge is 0.445 e. The van der Waals surface area contributed by atoms with Gasteiger partial charge in [-0.2, -0.15) is 0 Å². The van der Waals surface area contributed by atoms with Crippen molar-refractivity contribution in [2.24, 2.45) is 11.5 Å². The Labute approximate surface area is 82.8 Å². The summed E-state index contributed by atoms with van der Waals surface area (Å²) in [4.78, 5) is 10.5. The van der Waals surface area contributed by atoms with Crippen molar-refractivity contribution in [3.8, 4) is 0 Å². The quantitative estimate of drug-likeness (QED) is 0.738. The lowest BCUT2D eigenvalue weighted by Gasteiger charge is -2.14. The predicted octanol–water partition coefficient (Wildman–Crippen LogP) is 0.652. The van der Waals surface area contributed by atoms with E-state index < -0.39 is 6.09 Å². The molecule has 1 atom stereocenters. The van der Waals surface area contributed by atoms with Crippen molar-refractivity contribution in [2.75, 3.05) is 6.54 Å². The third-order valence-corrected chi connectivity index (χ3v) is 1.85. The van der Waals surface area contributed by atoms with Crippen LogP contribution in [0, 0.1) is 0 Å². The molecule has 0 aromatic heterocycles. The van der Waals surface area contributed by atoms with Crippen molar-refractivity contribution in [1.82, 2.24) is 0 Å². The molecule has 4 nitrogen and oxygen atoms in total. The first-order chi connectivity index (χ1) is 6.72. The summed E-state index contributed by atoms with van der Waals surface area (Å²) in [6, 6.07) is 9.68. The second-order valence-corrected chi connectivity index (χ2v) is 2.98. The highest BCUT2D eigenvalue weighted by atomic mass is 16.6. The molecule has 0 aliphatic rings. The zero-order valence-electron chi connectivity index (χ0n) is 7.85. The minimum absolute atomic E-state index is 0.276. The lowest BCUT2D eigenvalue weighted by atomic mass is 10.1. The third-order valence-electron chi connectivity index (χ3n) is 1.85. The minimum atomic E-state index is -0.781. The number of carbonyl (C=O) groups excluding carboxylic acids is 1. The van der Waals surface area contributed by atoms with Crippen LogP contribution in [0.4, 0.5) is 4.79 Å². The van der Waals surface area contributed by atoms with Gasteiger partial charge in [0.2, 0.25) is 0 Å². The topological polar surface area (TPSA) is 78.3 Å². The van der Waals surface area contributed by atoms with Gasteiger partial charge >= 0.3 is 6.09 Å². The van der Waals surface area contributed by atoms with Crippen LogP contribution in [0.2, 0.25) is 0 Å². The fourth-order valence-corrected chi connectivity index (χ4v) is 1.21. The van der Waals surface area contributed by atoms with Crippen LogP contribution in [-0.2, 0) is 11.2 Å². The number of hydrogen-bond donors (Lipinski definition) is 2. The van der Waals surface area contributed by atoms with Crippen molar-refractivity contribution in [1.29, 1.82) is 0 Å². The Bertz CT molecular complexity index is 287. The molecule has 0 heterocycles. The molecule has 14 heavy (non-hydrogen) atoms. The molecule has 76 valence electrons. The van der Waals surface area contributed by atoms with Gasteiger partial charge in [-0.1, -0.05) is 30.3 Å². The van der Waals surface area contributed by atoms with E-state index in [0.717, 1.165) is 5.56 Å². The Morgan fingerprint density at radius 3 is 2.50 bits per heavy atom. The number of nitrogens with two attached hydrogens (primary N) is 2. The van der Waals surface area contributed by atoms with Crippen molar-refractivity contribution < 1.29 is 9.53 Å². The van der Waals surface area contributed by atoms with Gasteiger partial charge in [0, 0.05) is 13.0 Å². The average molecular weight is 194 g/mol. The molecule has 4 heteroatoms. The summed E-state index contributed by atoms with van der Waals surface area (Å²) in [5.41, 5.74) is 11.4. The van der Waals surface area contributed by atoms with E-state index in [4.69, 9.17) is 16.2 Å². The second kappa shape index (κ2) is 5.24. The molecule has 1 aromatic rings. The number of primary amides is 1. The van der Waals surface area contributed by atoms with Gasteiger partial charge < -0.3 is 16.2 Å². The number of ether oxygens (including phenoxy) is 1. The van der Waals surface area contributed by atoms with Crippen LogP contribution in [0.5, 0.6) is 0 Å². The maximum Gasteiger partial charge on any atom is 0.404 e. The van der Waals surface area contributed by atoms with Crippen LogP contribution in [0.3, 0.4) is 0 Å². The maximum atomic E-state index is 10.5. The summed E-state index contributed by atoms with van der Waals surface area (Å²) < 4.78 is 4.82. The van der Waals surface area contributed by atoms with Crippen molar-refractivity contribution in [3.63, 3.8) is 0 Å². The molecule has 0 bridgehead atoms. The molecule has 0 saturated carbocycles. The highest BCUT2D eigenvalue weighted by Gasteiger charge is 2.10. The summed E-state index contributed by atoms with van der Waals surface area (Å²) in [5.74, 6) is 0. The first kappa shape index (κ1) is 10.5. The number of amides is 1. The van der Waals surface area contributed by atoms with E-state index in [9.17, 15) is 4.79 Å². The first-order valence-corrected chi connectivity index (χ1v) is 4.42. The number of hydrogen-bond acceptors (Lipinski definition) is 3. The van der Waals surface area contributed by atoms with Gasteiger partial charge in [-0.15, -0.1) is 0 Å². The van der Waals surface area contributed by atoms with Crippen LogP contribution >= 0.6 is 0 Å². The summed E-state index contributed by atoms with van der Waals surface area (Å²) in [6.07, 6.45) is -0.522. The molecule has 0 spiro atoms. The molecule has 0 unspecified atom stereocenters. The number of carbonyl (C=O) groups is 1. The van der Waals surface area contributed by atoms with Crippen LogP contribution in [-0.4, -0.2) is 18.7 Å². The number of rotatable bonds is 4. The molecule has 4 N–H and O–H groups in total. The van der Waals surface area contributed by atoms with E-state index in [2.05, 4.69) is 0 Å². The Morgan fingerprint density at radius 1 is 1.36 bits per heavy atom. The molecule has 0 saturated heterocycles. The highest BCUT2D eigenvalue weighted by molar-refractivity contribution is 5.64. The van der Waals surface area contributed by atoms with Crippen LogP contribution < -0.4 is 11.5 Å². The first-order valence-electron chi connectivity index (χ1n) is 4.42. The summed E-state index contributed by atoms with van der Waals surface area (Å²) in [5, 5.41) is 0. The summed E-state index contributed by atoms with van der Waals surface area (Å²) in [6.45, 7) is 0.276.